The molecule has 2 heterocycles. The number of benzene rings is 2. The van der Waals surface area contributed by atoms with Crippen molar-refractivity contribution in [1.82, 2.24) is 20.3 Å². The Bertz CT molecular complexity index is 1150. The summed E-state index contributed by atoms with van der Waals surface area (Å²) in [6.07, 6.45) is 3.52. The molecule has 2 aromatic heterocycles. The summed E-state index contributed by atoms with van der Waals surface area (Å²) in [7, 11) is 0. The van der Waals surface area contributed by atoms with E-state index in [4.69, 9.17) is 4.52 Å². The minimum Gasteiger partial charge on any atom is -0.350 e. The largest absolute Gasteiger partial charge is 0.350 e. The zero-order valence-electron chi connectivity index (χ0n) is 16.2. The highest BCUT2D eigenvalue weighted by molar-refractivity contribution is 5.98. The zero-order valence-corrected chi connectivity index (χ0v) is 16.2. The third kappa shape index (κ3) is 4.44. The van der Waals surface area contributed by atoms with Gasteiger partial charge in [0.05, 0.1) is 12.2 Å². The Morgan fingerprint density at radius 2 is 1.83 bits per heavy atom. The lowest BCUT2D eigenvalue weighted by molar-refractivity contribution is -0.115. The fourth-order valence-electron chi connectivity index (χ4n) is 2.81. The lowest BCUT2D eigenvalue weighted by atomic mass is 10.1. The second-order valence-corrected chi connectivity index (χ2v) is 6.67. The highest BCUT2D eigenvalue weighted by atomic mass is 16.5. The van der Waals surface area contributed by atoms with Gasteiger partial charge in [-0.1, -0.05) is 35.0 Å². The lowest BCUT2D eigenvalue weighted by Crippen LogP contribution is -2.32. The SMILES string of the molecule is Cc1ccc(-c2cc(C(=O)NCC(=O)Nc3ccc(-n4cccn4)cc3)on2)cc1. The molecule has 8 heteroatoms. The van der Waals surface area contributed by atoms with E-state index in [-0.39, 0.29) is 18.2 Å². The van der Waals surface area contributed by atoms with Crippen molar-refractivity contribution in [2.75, 3.05) is 11.9 Å². The molecule has 0 saturated heterocycles. The molecule has 0 unspecified atom stereocenters. The topological polar surface area (TPSA) is 102 Å². The molecule has 4 aromatic rings. The number of carbonyl (C=O) groups is 2. The summed E-state index contributed by atoms with van der Waals surface area (Å²) in [5.74, 6) is -0.819. The number of anilines is 1. The molecule has 30 heavy (non-hydrogen) atoms. The summed E-state index contributed by atoms with van der Waals surface area (Å²) in [4.78, 5) is 24.4. The van der Waals surface area contributed by atoms with Crippen molar-refractivity contribution in [1.29, 1.82) is 0 Å². The van der Waals surface area contributed by atoms with E-state index in [2.05, 4.69) is 20.9 Å². The van der Waals surface area contributed by atoms with E-state index in [1.165, 1.54) is 0 Å². The Labute approximate surface area is 172 Å². The highest BCUT2D eigenvalue weighted by Crippen LogP contribution is 2.19. The summed E-state index contributed by atoms with van der Waals surface area (Å²) in [5.41, 5.74) is 4.02. The number of aryl methyl sites for hydroxylation is 1. The maximum Gasteiger partial charge on any atom is 0.290 e. The van der Waals surface area contributed by atoms with Crippen LogP contribution in [0.5, 0.6) is 0 Å². The molecule has 0 aliphatic carbocycles. The van der Waals surface area contributed by atoms with Crippen molar-refractivity contribution in [3.8, 4) is 16.9 Å². The number of nitrogens with one attached hydrogen (secondary N) is 2. The smallest absolute Gasteiger partial charge is 0.290 e. The third-order valence-electron chi connectivity index (χ3n) is 4.41. The molecule has 2 amide bonds. The van der Waals surface area contributed by atoms with Gasteiger partial charge in [0.1, 0.15) is 5.69 Å². The first-order valence-electron chi connectivity index (χ1n) is 9.30. The van der Waals surface area contributed by atoms with Crippen LogP contribution in [0.15, 0.2) is 77.6 Å². The summed E-state index contributed by atoms with van der Waals surface area (Å²) < 4.78 is 6.82. The van der Waals surface area contributed by atoms with Gasteiger partial charge in [-0.15, -0.1) is 0 Å². The second-order valence-electron chi connectivity index (χ2n) is 6.67. The first kappa shape index (κ1) is 19.1. The van der Waals surface area contributed by atoms with Gasteiger partial charge in [-0.05, 0) is 37.3 Å². The van der Waals surface area contributed by atoms with Crippen LogP contribution in [0.2, 0.25) is 0 Å². The molecule has 0 fully saturated rings. The Hall–Kier alpha value is -4.20. The van der Waals surface area contributed by atoms with Gasteiger partial charge in [0.2, 0.25) is 11.7 Å². The number of amides is 2. The molecule has 150 valence electrons. The quantitative estimate of drug-likeness (QED) is 0.517. The van der Waals surface area contributed by atoms with Gasteiger partial charge in [0.15, 0.2) is 0 Å². The maximum absolute atomic E-state index is 12.2. The Morgan fingerprint density at radius 3 is 2.53 bits per heavy atom. The molecular formula is C22H19N5O3. The van der Waals surface area contributed by atoms with Crippen LogP contribution in [0, 0.1) is 6.92 Å². The summed E-state index contributed by atoms with van der Waals surface area (Å²) in [6.45, 7) is 1.80. The Balaban J connectivity index is 1.30. The maximum atomic E-state index is 12.2. The van der Waals surface area contributed by atoms with Crippen LogP contribution >= 0.6 is 0 Å². The minimum absolute atomic E-state index is 0.0435. The molecule has 0 radical (unpaired) electrons. The highest BCUT2D eigenvalue weighted by Gasteiger charge is 2.15. The average molecular weight is 401 g/mol. The predicted molar refractivity (Wildman–Crippen MR) is 111 cm³/mol. The monoisotopic (exact) mass is 401 g/mol. The van der Waals surface area contributed by atoms with Crippen molar-refractivity contribution in [3.63, 3.8) is 0 Å². The number of carbonyl (C=O) groups excluding carboxylic acids is 2. The molecule has 0 bridgehead atoms. The molecule has 0 aliphatic heterocycles. The summed E-state index contributed by atoms with van der Waals surface area (Å²) in [6, 6.07) is 18.3. The van der Waals surface area contributed by atoms with E-state index in [1.807, 2.05) is 55.6 Å². The molecule has 0 saturated carbocycles. The van der Waals surface area contributed by atoms with Crippen molar-refractivity contribution < 1.29 is 14.1 Å². The second kappa shape index (κ2) is 8.44. The van der Waals surface area contributed by atoms with Crippen LogP contribution in [-0.2, 0) is 4.79 Å². The normalized spacial score (nSPS) is 10.6. The fourth-order valence-corrected chi connectivity index (χ4v) is 2.81. The molecule has 8 nitrogen and oxygen atoms in total. The van der Waals surface area contributed by atoms with Crippen LogP contribution in [0.25, 0.3) is 16.9 Å². The van der Waals surface area contributed by atoms with Crippen molar-refractivity contribution in [2.45, 2.75) is 6.92 Å². The number of nitrogens with zero attached hydrogens (tertiary/aromatic N) is 3. The van der Waals surface area contributed by atoms with Crippen LogP contribution in [0.3, 0.4) is 0 Å². The fraction of sp³-hybridized carbons (Fsp3) is 0.0909. The van der Waals surface area contributed by atoms with Crippen LogP contribution in [0.4, 0.5) is 5.69 Å². The molecule has 0 aliphatic rings. The molecule has 4 rings (SSSR count). The van der Waals surface area contributed by atoms with Crippen molar-refractivity contribution in [3.05, 3.63) is 84.4 Å². The van der Waals surface area contributed by atoms with E-state index in [0.717, 1.165) is 16.8 Å². The van der Waals surface area contributed by atoms with Gasteiger partial charge in [-0.3, -0.25) is 9.59 Å². The summed E-state index contributed by atoms with van der Waals surface area (Å²) in [5, 5.41) is 13.3. The van der Waals surface area contributed by atoms with Crippen molar-refractivity contribution in [2.24, 2.45) is 0 Å². The van der Waals surface area contributed by atoms with E-state index >= 15 is 0 Å². The average Bonchev–Trinajstić information content (AvgIpc) is 3.46. The van der Waals surface area contributed by atoms with Crippen LogP contribution in [0.1, 0.15) is 16.1 Å². The van der Waals surface area contributed by atoms with Gasteiger partial charge < -0.3 is 15.2 Å². The Kier molecular flexibility index (Phi) is 5.38. The molecule has 2 aromatic carbocycles. The standard InChI is InChI=1S/C22H19N5O3/c1-15-3-5-16(6-4-15)19-13-20(30-26-19)22(29)23-14-21(28)25-17-7-9-18(10-8-17)27-12-2-11-24-27/h2-13H,14H2,1H3,(H,23,29)(H,25,28). The number of hydrogen-bond donors (Lipinski definition) is 2. The van der Waals surface area contributed by atoms with Crippen molar-refractivity contribution >= 4 is 17.5 Å². The van der Waals surface area contributed by atoms with Crippen LogP contribution in [-0.4, -0.2) is 33.3 Å². The molecule has 0 atom stereocenters. The van der Waals surface area contributed by atoms with Gasteiger partial charge in [0, 0.05) is 29.7 Å². The van der Waals surface area contributed by atoms with Crippen LogP contribution < -0.4 is 10.6 Å². The Morgan fingerprint density at radius 1 is 1.07 bits per heavy atom. The predicted octanol–water partition coefficient (Wildman–Crippen LogP) is 3.20. The molecule has 0 spiro atoms. The molecule has 2 N–H and O–H groups in total. The van der Waals surface area contributed by atoms with E-state index in [1.54, 1.807) is 29.1 Å². The first-order valence-corrected chi connectivity index (χ1v) is 9.30. The third-order valence-corrected chi connectivity index (χ3v) is 4.41. The van der Waals surface area contributed by atoms with Gasteiger partial charge in [-0.2, -0.15) is 5.10 Å². The number of rotatable bonds is 6. The number of aromatic nitrogens is 3. The minimum atomic E-state index is -0.509. The van der Waals surface area contributed by atoms with Gasteiger partial charge in [-0.25, -0.2) is 4.68 Å². The zero-order chi connectivity index (χ0) is 20.9. The lowest BCUT2D eigenvalue weighted by Gasteiger charge is -2.07. The molecular weight excluding hydrogens is 382 g/mol. The van der Waals surface area contributed by atoms with Gasteiger partial charge in [0.25, 0.3) is 5.91 Å². The first-order chi connectivity index (χ1) is 14.6. The van der Waals surface area contributed by atoms with E-state index < -0.39 is 5.91 Å². The number of hydrogen-bond acceptors (Lipinski definition) is 5. The summed E-state index contributed by atoms with van der Waals surface area (Å²) >= 11 is 0. The van der Waals surface area contributed by atoms with E-state index in [0.29, 0.717) is 11.4 Å². The van der Waals surface area contributed by atoms with Gasteiger partial charge >= 0.3 is 0 Å². The van der Waals surface area contributed by atoms with E-state index in [9.17, 15) is 9.59 Å².